The number of hydrogen-bond donors (Lipinski definition) is 1. The number of nitrogens with zero attached hydrogens (tertiary/aromatic N) is 1. The quantitative estimate of drug-likeness (QED) is 0.875. The van der Waals surface area contributed by atoms with Crippen LogP contribution < -0.4 is 15.2 Å². The van der Waals surface area contributed by atoms with Crippen LogP contribution in [0, 0.1) is 0 Å². The summed E-state index contributed by atoms with van der Waals surface area (Å²) < 4.78 is 10.4. The van der Waals surface area contributed by atoms with Gasteiger partial charge in [0.15, 0.2) is 0 Å². The van der Waals surface area contributed by atoms with Crippen molar-refractivity contribution in [1.82, 2.24) is 4.90 Å². The number of carbonyl (C=O) groups excluding carboxylic acids is 1. The molecule has 0 fully saturated rings. The first-order valence-corrected chi connectivity index (χ1v) is 6.05. The third-order valence-electron chi connectivity index (χ3n) is 2.80. The van der Waals surface area contributed by atoms with Gasteiger partial charge in [0.1, 0.15) is 11.5 Å². The van der Waals surface area contributed by atoms with E-state index in [0.717, 1.165) is 5.56 Å². The molecule has 0 aromatic heterocycles. The Bertz CT molecular complexity index is 452. The molecule has 1 aromatic rings. The molecule has 1 amide bonds. The Morgan fingerprint density at radius 3 is 2.42 bits per heavy atom. The van der Waals surface area contributed by atoms with Gasteiger partial charge in [0.05, 0.1) is 19.8 Å². The minimum Gasteiger partial charge on any atom is -0.497 e. The van der Waals surface area contributed by atoms with Crippen molar-refractivity contribution in [3.05, 3.63) is 23.8 Å². The van der Waals surface area contributed by atoms with Crippen LogP contribution >= 0.6 is 0 Å². The second kappa shape index (κ2) is 5.93. The van der Waals surface area contributed by atoms with E-state index in [1.165, 1.54) is 0 Å². The van der Waals surface area contributed by atoms with Crippen molar-refractivity contribution in [2.75, 3.05) is 21.3 Å². The zero-order valence-corrected chi connectivity index (χ0v) is 12.2. The fourth-order valence-corrected chi connectivity index (χ4v) is 1.80. The summed E-state index contributed by atoms with van der Waals surface area (Å²) in [6, 6.07) is 5.51. The van der Waals surface area contributed by atoms with Gasteiger partial charge >= 0.3 is 0 Å². The topological polar surface area (TPSA) is 64.8 Å². The Morgan fingerprint density at radius 1 is 1.32 bits per heavy atom. The molecule has 1 aromatic carbocycles. The zero-order chi connectivity index (χ0) is 14.6. The minimum absolute atomic E-state index is 0.120. The van der Waals surface area contributed by atoms with Crippen LogP contribution in [-0.4, -0.2) is 37.6 Å². The SMILES string of the molecule is COc1ccc(CN(C)C(=O)C(C)(C)N)c(OC)c1. The maximum absolute atomic E-state index is 12.0. The van der Waals surface area contributed by atoms with E-state index in [4.69, 9.17) is 15.2 Å². The van der Waals surface area contributed by atoms with Gasteiger partial charge in [-0.2, -0.15) is 0 Å². The molecule has 106 valence electrons. The predicted octanol–water partition coefficient (Wildman–Crippen LogP) is 1.40. The molecule has 0 aliphatic carbocycles. The molecule has 1 rings (SSSR count). The molecule has 0 spiro atoms. The average molecular weight is 266 g/mol. The molecule has 0 aliphatic rings. The van der Waals surface area contributed by atoms with Crippen molar-refractivity contribution in [2.45, 2.75) is 25.9 Å². The lowest BCUT2D eigenvalue weighted by Crippen LogP contribution is -2.49. The first kappa shape index (κ1) is 15.3. The number of ether oxygens (including phenoxy) is 2. The van der Waals surface area contributed by atoms with Crippen molar-refractivity contribution in [2.24, 2.45) is 5.73 Å². The summed E-state index contributed by atoms with van der Waals surface area (Å²) in [5, 5.41) is 0. The van der Waals surface area contributed by atoms with E-state index in [-0.39, 0.29) is 5.91 Å². The minimum atomic E-state index is -0.881. The lowest BCUT2D eigenvalue weighted by Gasteiger charge is -2.26. The van der Waals surface area contributed by atoms with Crippen LogP contribution in [0.2, 0.25) is 0 Å². The lowest BCUT2D eigenvalue weighted by atomic mass is 10.1. The number of methoxy groups -OCH3 is 2. The molecule has 0 radical (unpaired) electrons. The summed E-state index contributed by atoms with van der Waals surface area (Å²) in [4.78, 5) is 13.6. The number of nitrogens with two attached hydrogens (primary N) is 1. The van der Waals surface area contributed by atoms with E-state index in [1.54, 1.807) is 46.1 Å². The van der Waals surface area contributed by atoms with Crippen molar-refractivity contribution in [3.63, 3.8) is 0 Å². The van der Waals surface area contributed by atoms with Crippen LogP contribution in [0.1, 0.15) is 19.4 Å². The highest BCUT2D eigenvalue weighted by Crippen LogP contribution is 2.25. The van der Waals surface area contributed by atoms with Crippen LogP contribution in [0.5, 0.6) is 11.5 Å². The van der Waals surface area contributed by atoms with Gasteiger partial charge in [-0.15, -0.1) is 0 Å². The van der Waals surface area contributed by atoms with Crippen LogP contribution in [0.25, 0.3) is 0 Å². The summed E-state index contributed by atoms with van der Waals surface area (Å²) in [6.07, 6.45) is 0. The molecule has 19 heavy (non-hydrogen) atoms. The Labute approximate surface area is 114 Å². The second-order valence-corrected chi connectivity index (χ2v) is 5.06. The molecular weight excluding hydrogens is 244 g/mol. The third-order valence-corrected chi connectivity index (χ3v) is 2.80. The van der Waals surface area contributed by atoms with Crippen molar-refractivity contribution in [1.29, 1.82) is 0 Å². The van der Waals surface area contributed by atoms with Gasteiger partial charge < -0.3 is 20.1 Å². The van der Waals surface area contributed by atoms with E-state index < -0.39 is 5.54 Å². The highest BCUT2D eigenvalue weighted by atomic mass is 16.5. The van der Waals surface area contributed by atoms with Crippen molar-refractivity contribution >= 4 is 5.91 Å². The number of hydrogen-bond acceptors (Lipinski definition) is 4. The molecule has 0 saturated carbocycles. The number of likely N-dealkylation sites (N-methyl/N-ethyl adjacent to an activating group) is 1. The summed E-state index contributed by atoms with van der Waals surface area (Å²) in [7, 11) is 4.91. The third kappa shape index (κ3) is 3.86. The Kier molecular flexibility index (Phi) is 4.78. The number of carbonyl (C=O) groups is 1. The van der Waals surface area contributed by atoms with Gasteiger partial charge in [0, 0.05) is 25.2 Å². The monoisotopic (exact) mass is 266 g/mol. The Hall–Kier alpha value is -1.75. The van der Waals surface area contributed by atoms with E-state index in [0.29, 0.717) is 18.0 Å². The highest BCUT2D eigenvalue weighted by Gasteiger charge is 2.26. The highest BCUT2D eigenvalue weighted by molar-refractivity contribution is 5.85. The number of amides is 1. The maximum Gasteiger partial charge on any atom is 0.242 e. The van der Waals surface area contributed by atoms with Gasteiger partial charge in [-0.1, -0.05) is 0 Å². The van der Waals surface area contributed by atoms with Gasteiger partial charge in [0.2, 0.25) is 5.91 Å². The first-order chi connectivity index (χ1) is 8.79. The standard InChI is InChI=1S/C14H22N2O3/c1-14(2,15)13(17)16(3)9-10-6-7-11(18-4)8-12(10)19-5/h6-8H,9,15H2,1-5H3. The van der Waals surface area contributed by atoms with E-state index in [9.17, 15) is 4.79 Å². The van der Waals surface area contributed by atoms with Crippen LogP contribution in [0.15, 0.2) is 18.2 Å². The molecule has 0 bridgehead atoms. The summed E-state index contributed by atoms with van der Waals surface area (Å²) in [5.74, 6) is 1.29. The van der Waals surface area contributed by atoms with Crippen molar-refractivity contribution in [3.8, 4) is 11.5 Å². The predicted molar refractivity (Wildman–Crippen MR) is 74.3 cm³/mol. The van der Waals surface area contributed by atoms with Crippen LogP contribution in [-0.2, 0) is 11.3 Å². The summed E-state index contributed by atoms with van der Waals surface area (Å²) in [5.41, 5.74) is 5.83. The fourth-order valence-electron chi connectivity index (χ4n) is 1.80. The molecule has 0 unspecified atom stereocenters. The first-order valence-electron chi connectivity index (χ1n) is 6.05. The number of rotatable bonds is 5. The lowest BCUT2D eigenvalue weighted by molar-refractivity contribution is -0.135. The fraction of sp³-hybridized carbons (Fsp3) is 0.500. The van der Waals surface area contributed by atoms with Gasteiger partial charge in [-0.05, 0) is 26.0 Å². The molecule has 0 aliphatic heterocycles. The smallest absolute Gasteiger partial charge is 0.242 e. The van der Waals surface area contributed by atoms with Crippen molar-refractivity contribution < 1.29 is 14.3 Å². The van der Waals surface area contributed by atoms with Gasteiger partial charge in [-0.3, -0.25) is 4.79 Å². The second-order valence-electron chi connectivity index (χ2n) is 5.06. The summed E-state index contributed by atoms with van der Waals surface area (Å²) >= 11 is 0. The van der Waals surface area contributed by atoms with Crippen LogP contribution in [0.3, 0.4) is 0 Å². The number of benzene rings is 1. The molecule has 5 nitrogen and oxygen atoms in total. The van der Waals surface area contributed by atoms with Gasteiger partial charge in [-0.25, -0.2) is 0 Å². The Balaban J connectivity index is 2.90. The van der Waals surface area contributed by atoms with E-state index >= 15 is 0 Å². The molecule has 0 atom stereocenters. The average Bonchev–Trinajstić information content (AvgIpc) is 2.37. The largest absolute Gasteiger partial charge is 0.497 e. The van der Waals surface area contributed by atoms with Crippen LogP contribution in [0.4, 0.5) is 0 Å². The molecule has 5 heteroatoms. The Morgan fingerprint density at radius 2 is 1.95 bits per heavy atom. The van der Waals surface area contributed by atoms with E-state index in [1.807, 2.05) is 12.1 Å². The maximum atomic E-state index is 12.0. The normalized spacial score (nSPS) is 11.1. The molecule has 0 saturated heterocycles. The zero-order valence-electron chi connectivity index (χ0n) is 12.2. The summed E-state index contributed by atoms with van der Waals surface area (Å²) in [6.45, 7) is 3.82. The molecule has 0 heterocycles. The molecule has 2 N–H and O–H groups in total. The van der Waals surface area contributed by atoms with Gasteiger partial charge in [0.25, 0.3) is 0 Å². The van der Waals surface area contributed by atoms with E-state index in [2.05, 4.69) is 0 Å². The molecular formula is C14H22N2O3.